The molecule has 0 aromatic heterocycles. The van der Waals surface area contributed by atoms with E-state index in [1.54, 1.807) is 7.05 Å². The number of carbonyl (C=O) groups excluding carboxylic acids is 1. The lowest BCUT2D eigenvalue weighted by molar-refractivity contribution is -0.109. The van der Waals surface area contributed by atoms with Gasteiger partial charge in [-0.3, -0.25) is 4.79 Å². The Morgan fingerprint density at radius 1 is 1.00 bits per heavy atom. The number of piperazine rings is 1. The highest BCUT2D eigenvalue weighted by atomic mass is 16.1. The van der Waals surface area contributed by atoms with E-state index in [0.717, 1.165) is 0 Å². The first-order valence-electron chi connectivity index (χ1n) is 7.76. The minimum atomic E-state index is 0.625. The van der Waals surface area contributed by atoms with Gasteiger partial charge in [0.15, 0.2) is 0 Å². The zero-order valence-electron chi connectivity index (χ0n) is 13.2. The van der Waals surface area contributed by atoms with E-state index in [4.69, 9.17) is 4.79 Å². The molecule has 0 saturated carbocycles. The molecular weight excluding hydrogens is 238 g/mol. The summed E-state index contributed by atoms with van der Waals surface area (Å²) in [4.78, 5) is 14.1. The van der Waals surface area contributed by atoms with Crippen LogP contribution in [-0.4, -0.2) is 63.0 Å². The lowest BCUT2D eigenvalue weighted by Gasteiger charge is -2.32. The summed E-state index contributed by atoms with van der Waals surface area (Å²) >= 11 is 0. The fraction of sp³-hybridized carbons (Fsp3) is 0.933. The van der Waals surface area contributed by atoms with Crippen LogP contribution in [0.1, 0.15) is 45.4 Å². The average Bonchev–Trinajstić information content (AvgIpc) is 2.45. The fourth-order valence-electron chi connectivity index (χ4n) is 2.19. The lowest BCUT2D eigenvalue weighted by atomic mass is 10.1. The molecule has 1 aliphatic heterocycles. The molecule has 0 aromatic carbocycles. The van der Waals surface area contributed by atoms with Gasteiger partial charge in [0.2, 0.25) is 6.41 Å². The number of nitrogens with one attached hydrogen (secondary N) is 1. The van der Waals surface area contributed by atoms with E-state index in [2.05, 4.69) is 29.1 Å². The van der Waals surface area contributed by atoms with Crippen molar-refractivity contribution in [2.75, 3.05) is 46.8 Å². The number of hydrogen-bond acceptors (Lipinski definition) is 3. The lowest BCUT2D eigenvalue weighted by Crippen LogP contribution is -2.44. The largest absolute Gasteiger partial charge is 0.362 e. The summed E-state index contributed by atoms with van der Waals surface area (Å²) in [5.74, 6) is 0. The maximum atomic E-state index is 9.06. The third-order valence-electron chi connectivity index (χ3n) is 3.54. The van der Waals surface area contributed by atoms with Crippen LogP contribution >= 0.6 is 0 Å². The summed E-state index contributed by atoms with van der Waals surface area (Å²) in [7, 11) is 3.79. The van der Waals surface area contributed by atoms with Gasteiger partial charge < -0.3 is 15.1 Å². The van der Waals surface area contributed by atoms with Crippen molar-refractivity contribution < 1.29 is 4.79 Å². The molecule has 1 N–H and O–H groups in total. The van der Waals surface area contributed by atoms with E-state index >= 15 is 0 Å². The Bertz CT molecular complexity index is 192. The van der Waals surface area contributed by atoms with Crippen molar-refractivity contribution in [2.45, 2.75) is 45.4 Å². The predicted molar refractivity (Wildman–Crippen MR) is 82.4 cm³/mol. The van der Waals surface area contributed by atoms with Crippen molar-refractivity contribution >= 4 is 6.41 Å². The van der Waals surface area contributed by atoms with Crippen LogP contribution in [-0.2, 0) is 4.79 Å². The van der Waals surface area contributed by atoms with Crippen LogP contribution < -0.4 is 5.32 Å². The smallest absolute Gasteiger partial charge is 0.206 e. The maximum absolute atomic E-state index is 9.06. The Kier molecular flexibility index (Phi) is 13.4. The SMILES string of the molecule is CCCCCCCCN1CCN(C)CC1.CNC=O. The standard InChI is InChI=1S/C13H28N2.C2H5NO/c1-3-4-5-6-7-8-9-15-12-10-14(2)11-13-15;1-3-2-4/h3-13H2,1-2H3;2H,1H3,(H,3,4). The summed E-state index contributed by atoms with van der Waals surface area (Å²) in [6.45, 7) is 8.70. The topological polar surface area (TPSA) is 35.6 Å². The third kappa shape index (κ3) is 12.2. The summed E-state index contributed by atoms with van der Waals surface area (Å²) in [5, 5.41) is 2.25. The first kappa shape index (κ1) is 18.4. The number of hydrogen-bond donors (Lipinski definition) is 1. The molecule has 0 radical (unpaired) electrons. The minimum Gasteiger partial charge on any atom is -0.362 e. The molecule has 1 heterocycles. The van der Waals surface area contributed by atoms with Crippen LogP contribution in [0.5, 0.6) is 0 Å². The summed E-state index contributed by atoms with van der Waals surface area (Å²) in [6, 6.07) is 0. The van der Waals surface area contributed by atoms with Crippen molar-refractivity contribution in [2.24, 2.45) is 0 Å². The van der Waals surface area contributed by atoms with Crippen molar-refractivity contribution in [3.05, 3.63) is 0 Å². The molecule has 0 spiro atoms. The highest BCUT2D eigenvalue weighted by Gasteiger charge is 2.12. The molecule has 114 valence electrons. The van der Waals surface area contributed by atoms with Crippen molar-refractivity contribution in [3.8, 4) is 0 Å². The highest BCUT2D eigenvalue weighted by molar-refractivity contribution is 5.44. The van der Waals surface area contributed by atoms with Gasteiger partial charge in [-0.15, -0.1) is 0 Å². The average molecular weight is 271 g/mol. The van der Waals surface area contributed by atoms with E-state index in [1.807, 2.05) is 0 Å². The van der Waals surface area contributed by atoms with Crippen molar-refractivity contribution in [1.82, 2.24) is 15.1 Å². The molecule has 1 fully saturated rings. The monoisotopic (exact) mass is 271 g/mol. The molecule has 1 aliphatic rings. The van der Waals surface area contributed by atoms with Crippen LogP contribution in [0.4, 0.5) is 0 Å². The molecule has 1 amide bonds. The Morgan fingerprint density at radius 2 is 1.53 bits per heavy atom. The zero-order chi connectivity index (χ0) is 14.3. The molecule has 0 unspecified atom stereocenters. The Labute approximate surface area is 119 Å². The molecule has 0 aromatic rings. The number of carbonyl (C=O) groups is 1. The number of amides is 1. The second kappa shape index (κ2) is 13.8. The molecular formula is C15H33N3O. The number of nitrogens with zero attached hydrogens (tertiary/aromatic N) is 2. The van der Waals surface area contributed by atoms with Crippen LogP contribution in [0.3, 0.4) is 0 Å². The molecule has 0 bridgehead atoms. The van der Waals surface area contributed by atoms with E-state index in [-0.39, 0.29) is 0 Å². The van der Waals surface area contributed by atoms with Gasteiger partial charge in [-0.2, -0.15) is 0 Å². The van der Waals surface area contributed by atoms with Crippen LogP contribution in [0.25, 0.3) is 0 Å². The Balaban J connectivity index is 0.000000711. The maximum Gasteiger partial charge on any atom is 0.206 e. The van der Waals surface area contributed by atoms with Gasteiger partial charge in [-0.1, -0.05) is 39.0 Å². The normalized spacial score (nSPS) is 16.6. The van der Waals surface area contributed by atoms with E-state index < -0.39 is 0 Å². The van der Waals surface area contributed by atoms with Crippen LogP contribution in [0.2, 0.25) is 0 Å². The van der Waals surface area contributed by atoms with E-state index in [0.29, 0.717) is 6.41 Å². The van der Waals surface area contributed by atoms with E-state index in [1.165, 1.54) is 71.2 Å². The molecule has 4 nitrogen and oxygen atoms in total. The van der Waals surface area contributed by atoms with Crippen LogP contribution in [0.15, 0.2) is 0 Å². The van der Waals surface area contributed by atoms with Crippen molar-refractivity contribution in [1.29, 1.82) is 0 Å². The quantitative estimate of drug-likeness (QED) is 0.541. The number of rotatable bonds is 8. The second-order valence-corrected chi connectivity index (χ2v) is 5.32. The Hall–Kier alpha value is -0.610. The summed E-state index contributed by atoms with van der Waals surface area (Å²) in [5.41, 5.74) is 0. The van der Waals surface area contributed by atoms with Gasteiger partial charge in [0.25, 0.3) is 0 Å². The van der Waals surface area contributed by atoms with Gasteiger partial charge in [0.05, 0.1) is 0 Å². The molecule has 0 atom stereocenters. The number of unbranched alkanes of at least 4 members (excludes halogenated alkanes) is 5. The third-order valence-corrected chi connectivity index (χ3v) is 3.54. The van der Waals surface area contributed by atoms with Gasteiger partial charge in [0.1, 0.15) is 0 Å². The van der Waals surface area contributed by atoms with Crippen molar-refractivity contribution in [3.63, 3.8) is 0 Å². The van der Waals surface area contributed by atoms with Gasteiger partial charge >= 0.3 is 0 Å². The first-order chi connectivity index (χ1) is 9.24. The summed E-state index contributed by atoms with van der Waals surface area (Å²) < 4.78 is 0. The first-order valence-corrected chi connectivity index (χ1v) is 7.76. The molecule has 1 rings (SSSR count). The zero-order valence-corrected chi connectivity index (χ0v) is 13.2. The molecule has 4 heteroatoms. The molecule has 19 heavy (non-hydrogen) atoms. The molecule has 0 aliphatic carbocycles. The van der Waals surface area contributed by atoms with Crippen LogP contribution in [0, 0.1) is 0 Å². The number of likely N-dealkylation sites (N-methyl/N-ethyl adjacent to an activating group) is 1. The predicted octanol–water partition coefficient (Wildman–Crippen LogP) is 1.96. The second-order valence-electron chi connectivity index (χ2n) is 5.32. The summed E-state index contributed by atoms with van der Waals surface area (Å²) in [6.07, 6.45) is 9.15. The molecule has 1 saturated heterocycles. The van der Waals surface area contributed by atoms with E-state index in [9.17, 15) is 0 Å². The highest BCUT2D eigenvalue weighted by Crippen LogP contribution is 2.07. The van der Waals surface area contributed by atoms with Gasteiger partial charge in [-0.05, 0) is 20.0 Å². The minimum absolute atomic E-state index is 0.625. The Morgan fingerprint density at radius 3 is 2.05 bits per heavy atom. The van der Waals surface area contributed by atoms with Gasteiger partial charge in [0, 0.05) is 33.2 Å². The fourth-order valence-corrected chi connectivity index (χ4v) is 2.19. The van der Waals surface area contributed by atoms with Gasteiger partial charge in [-0.25, -0.2) is 0 Å².